The number of nitrogens with one attached hydrogen (secondary N) is 1. The van der Waals surface area contributed by atoms with Crippen LogP contribution in [0.4, 0.5) is 0 Å². The van der Waals surface area contributed by atoms with E-state index in [0.29, 0.717) is 19.7 Å². The van der Waals surface area contributed by atoms with Crippen molar-refractivity contribution in [2.24, 2.45) is 0 Å². The number of ether oxygens (including phenoxy) is 2. The molecule has 0 unspecified atom stereocenters. The van der Waals surface area contributed by atoms with Crippen LogP contribution in [0.15, 0.2) is 48.5 Å². The van der Waals surface area contributed by atoms with Gasteiger partial charge in [-0.15, -0.1) is 0 Å². The summed E-state index contributed by atoms with van der Waals surface area (Å²) < 4.78 is 13.7. The van der Waals surface area contributed by atoms with Gasteiger partial charge in [0, 0.05) is 13.0 Å². The Labute approximate surface area is 171 Å². The van der Waals surface area contributed by atoms with Crippen LogP contribution >= 0.6 is 0 Å². The van der Waals surface area contributed by atoms with E-state index in [-0.39, 0.29) is 0 Å². The Bertz CT molecular complexity index is 979. The molecule has 1 aromatic heterocycles. The van der Waals surface area contributed by atoms with Crippen molar-refractivity contribution in [3.8, 4) is 11.5 Å². The number of amides is 1. The highest BCUT2D eigenvalue weighted by Crippen LogP contribution is 2.28. The minimum atomic E-state index is 0.499. The fourth-order valence-electron chi connectivity index (χ4n) is 3.32. The summed E-state index contributed by atoms with van der Waals surface area (Å²) in [6, 6.07) is 14.0. The standard InChI is InChI=1S/C23H27N3O3/c1-3-7-18-11-12-21(22(16-18)28-2)29-15-14-26-20-9-5-4-8-19(20)25-23(26)10-6-13-24-17-27/h3-5,7-9,11-12,16-17H,6,10,13-15H2,1-2H3,(H,24,27)/b7-3+. The van der Waals surface area contributed by atoms with Crippen LogP contribution < -0.4 is 14.8 Å². The van der Waals surface area contributed by atoms with Crippen LogP contribution in [-0.2, 0) is 17.8 Å². The van der Waals surface area contributed by atoms with Gasteiger partial charge in [-0.25, -0.2) is 4.98 Å². The largest absolute Gasteiger partial charge is 0.493 e. The second-order valence-corrected chi connectivity index (χ2v) is 6.60. The summed E-state index contributed by atoms with van der Waals surface area (Å²) >= 11 is 0. The summed E-state index contributed by atoms with van der Waals surface area (Å²) in [6.45, 7) is 3.80. The van der Waals surface area contributed by atoms with Crippen LogP contribution in [-0.4, -0.2) is 36.2 Å². The highest BCUT2D eigenvalue weighted by atomic mass is 16.5. The van der Waals surface area contributed by atoms with E-state index < -0.39 is 0 Å². The highest BCUT2D eigenvalue weighted by Gasteiger charge is 2.11. The molecule has 3 aromatic rings. The van der Waals surface area contributed by atoms with Gasteiger partial charge in [0.25, 0.3) is 0 Å². The molecule has 0 fully saturated rings. The minimum absolute atomic E-state index is 0.499. The van der Waals surface area contributed by atoms with Gasteiger partial charge in [-0.1, -0.05) is 30.4 Å². The zero-order valence-electron chi connectivity index (χ0n) is 16.9. The number of allylic oxidation sites excluding steroid dienone is 1. The van der Waals surface area contributed by atoms with E-state index in [9.17, 15) is 4.79 Å². The first-order chi connectivity index (χ1) is 14.3. The fourth-order valence-corrected chi connectivity index (χ4v) is 3.32. The number of nitrogens with zero attached hydrogens (tertiary/aromatic N) is 2. The molecule has 3 rings (SSSR count). The van der Waals surface area contributed by atoms with Crippen molar-refractivity contribution in [3.63, 3.8) is 0 Å². The van der Waals surface area contributed by atoms with E-state index in [1.807, 2.05) is 55.5 Å². The molecule has 0 aliphatic carbocycles. The third-order valence-corrected chi connectivity index (χ3v) is 4.66. The SMILES string of the molecule is C/C=C/c1ccc(OCCn2c(CCCNC=O)nc3ccccc32)c(OC)c1. The first-order valence-electron chi connectivity index (χ1n) is 9.81. The molecular weight excluding hydrogens is 366 g/mol. The molecule has 2 aromatic carbocycles. The van der Waals surface area contributed by atoms with E-state index in [0.717, 1.165) is 53.2 Å². The second kappa shape index (κ2) is 10.3. The van der Waals surface area contributed by atoms with Crippen molar-refractivity contribution < 1.29 is 14.3 Å². The maximum atomic E-state index is 10.4. The number of carbonyl (C=O) groups is 1. The number of fused-ring (bicyclic) bond motifs is 1. The lowest BCUT2D eigenvalue weighted by atomic mass is 10.2. The first-order valence-corrected chi connectivity index (χ1v) is 9.81. The molecule has 0 saturated heterocycles. The Morgan fingerprint density at radius 2 is 2.03 bits per heavy atom. The zero-order valence-corrected chi connectivity index (χ0v) is 16.9. The van der Waals surface area contributed by atoms with Gasteiger partial charge in [0.15, 0.2) is 11.5 Å². The van der Waals surface area contributed by atoms with Crippen molar-refractivity contribution in [2.45, 2.75) is 26.3 Å². The molecule has 1 amide bonds. The van der Waals surface area contributed by atoms with Crippen LogP contribution in [0.3, 0.4) is 0 Å². The number of rotatable bonds is 11. The Morgan fingerprint density at radius 3 is 2.83 bits per heavy atom. The van der Waals surface area contributed by atoms with E-state index in [1.165, 1.54) is 0 Å². The molecule has 0 saturated carbocycles. The second-order valence-electron chi connectivity index (χ2n) is 6.60. The van der Waals surface area contributed by atoms with E-state index in [2.05, 4.69) is 16.0 Å². The van der Waals surface area contributed by atoms with Gasteiger partial charge >= 0.3 is 0 Å². The van der Waals surface area contributed by atoms with Gasteiger partial charge in [-0.3, -0.25) is 4.79 Å². The molecule has 1 heterocycles. The summed E-state index contributed by atoms with van der Waals surface area (Å²) in [6.07, 6.45) is 6.37. The van der Waals surface area contributed by atoms with E-state index in [4.69, 9.17) is 14.5 Å². The molecule has 6 heteroatoms. The van der Waals surface area contributed by atoms with E-state index in [1.54, 1.807) is 7.11 Å². The highest BCUT2D eigenvalue weighted by molar-refractivity contribution is 5.75. The third-order valence-electron chi connectivity index (χ3n) is 4.66. The minimum Gasteiger partial charge on any atom is -0.493 e. The number of hydrogen-bond acceptors (Lipinski definition) is 4. The zero-order chi connectivity index (χ0) is 20.5. The van der Waals surface area contributed by atoms with Crippen LogP contribution in [0.2, 0.25) is 0 Å². The number of benzene rings is 2. The van der Waals surface area contributed by atoms with Gasteiger partial charge < -0.3 is 19.4 Å². The molecule has 29 heavy (non-hydrogen) atoms. The van der Waals surface area contributed by atoms with Crippen molar-refractivity contribution in [2.75, 3.05) is 20.3 Å². The Hall–Kier alpha value is -3.28. The number of imidazole rings is 1. The van der Waals surface area contributed by atoms with Crippen LogP contribution in [0.5, 0.6) is 11.5 Å². The lowest BCUT2D eigenvalue weighted by Gasteiger charge is -2.13. The van der Waals surface area contributed by atoms with Crippen molar-refractivity contribution >= 4 is 23.5 Å². The topological polar surface area (TPSA) is 65.4 Å². The molecule has 0 atom stereocenters. The maximum Gasteiger partial charge on any atom is 0.207 e. The molecule has 152 valence electrons. The van der Waals surface area contributed by atoms with Gasteiger partial charge in [0.2, 0.25) is 6.41 Å². The Morgan fingerprint density at radius 1 is 1.17 bits per heavy atom. The van der Waals surface area contributed by atoms with Crippen LogP contribution in [0.1, 0.15) is 24.7 Å². The molecule has 0 radical (unpaired) electrons. The molecule has 0 spiro atoms. The number of hydrogen-bond donors (Lipinski definition) is 1. The molecule has 0 aliphatic rings. The average Bonchev–Trinajstić information content (AvgIpc) is 3.10. The number of para-hydroxylation sites is 2. The number of aryl methyl sites for hydroxylation is 1. The van der Waals surface area contributed by atoms with Crippen molar-refractivity contribution in [3.05, 3.63) is 59.9 Å². The number of carbonyl (C=O) groups excluding carboxylic acids is 1. The maximum absolute atomic E-state index is 10.4. The molecule has 0 bridgehead atoms. The lowest BCUT2D eigenvalue weighted by molar-refractivity contribution is -0.109. The van der Waals surface area contributed by atoms with Gasteiger partial charge in [-0.05, 0) is 43.2 Å². The molecule has 0 aliphatic heterocycles. The van der Waals surface area contributed by atoms with Gasteiger partial charge in [-0.2, -0.15) is 0 Å². The smallest absolute Gasteiger partial charge is 0.207 e. The quantitative estimate of drug-likeness (QED) is 0.397. The fraction of sp³-hybridized carbons (Fsp3) is 0.304. The Balaban J connectivity index is 1.72. The van der Waals surface area contributed by atoms with Gasteiger partial charge in [0.05, 0.1) is 24.7 Å². The van der Waals surface area contributed by atoms with E-state index >= 15 is 0 Å². The normalized spacial score (nSPS) is 11.1. The Kier molecular flexibility index (Phi) is 7.28. The summed E-state index contributed by atoms with van der Waals surface area (Å²) in [5.41, 5.74) is 3.13. The van der Waals surface area contributed by atoms with Crippen molar-refractivity contribution in [1.29, 1.82) is 0 Å². The number of aromatic nitrogens is 2. The van der Waals surface area contributed by atoms with Gasteiger partial charge in [0.1, 0.15) is 12.4 Å². The summed E-state index contributed by atoms with van der Waals surface area (Å²) in [7, 11) is 1.65. The lowest BCUT2D eigenvalue weighted by Crippen LogP contribution is -2.15. The predicted molar refractivity (Wildman–Crippen MR) is 115 cm³/mol. The van der Waals surface area contributed by atoms with Crippen LogP contribution in [0.25, 0.3) is 17.1 Å². The molecule has 6 nitrogen and oxygen atoms in total. The summed E-state index contributed by atoms with van der Waals surface area (Å²) in [5, 5.41) is 2.70. The predicted octanol–water partition coefficient (Wildman–Crippen LogP) is 3.84. The first kappa shape index (κ1) is 20.5. The monoisotopic (exact) mass is 393 g/mol. The van der Waals surface area contributed by atoms with Crippen LogP contribution in [0, 0.1) is 0 Å². The molecular formula is C23H27N3O3. The summed E-state index contributed by atoms with van der Waals surface area (Å²) in [5.74, 6) is 2.44. The average molecular weight is 393 g/mol. The third kappa shape index (κ3) is 5.16. The van der Waals surface area contributed by atoms with Crippen molar-refractivity contribution in [1.82, 2.24) is 14.9 Å². The number of methoxy groups -OCH3 is 1. The molecule has 1 N–H and O–H groups in total. The summed E-state index contributed by atoms with van der Waals surface area (Å²) in [4.78, 5) is 15.2.